The third-order valence-electron chi connectivity index (χ3n) is 3.13. The van der Waals surface area contributed by atoms with Crippen molar-refractivity contribution in [3.05, 3.63) is 52.3 Å². The number of phenols is 1. The van der Waals surface area contributed by atoms with Gasteiger partial charge in [-0.1, -0.05) is 0 Å². The monoisotopic (exact) mass is 344 g/mol. The maximum absolute atomic E-state index is 12.0. The van der Waals surface area contributed by atoms with E-state index in [0.29, 0.717) is 21.5 Å². The zero-order valence-corrected chi connectivity index (χ0v) is 13.3. The molecule has 0 spiro atoms. The molecule has 3 rings (SSSR count). The second-order valence-corrected chi connectivity index (χ2v) is 5.97. The summed E-state index contributed by atoms with van der Waals surface area (Å²) >= 11 is 1.12. The maximum atomic E-state index is 12.0. The molecule has 1 amide bonds. The summed E-state index contributed by atoms with van der Waals surface area (Å²) < 4.78 is 5.40. The molecule has 7 nitrogen and oxygen atoms in total. The van der Waals surface area contributed by atoms with Crippen LogP contribution in [-0.2, 0) is 4.79 Å². The van der Waals surface area contributed by atoms with Crippen LogP contribution in [0.4, 0.5) is 5.69 Å². The number of carboxylic acid groups (broad SMARTS) is 1. The van der Waals surface area contributed by atoms with Gasteiger partial charge < -0.3 is 19.9 Å². The fourth-order valence-corrected chi connectivity index (χ4v) is 2.84. The number of aromatic hydroxyl groups is 1. The number of nitrogens with one attached hydrogen (secondary N) is 1. The lowest BCUT2D eigenvalue weighted by atomic mass is 10.2. The number of carboxylic acids is 1. The van der Waals surface area contributed by atoms with Crippen molar-refractivity contribution < 1.29 is 24.2 Å². The average molecular weight is 344 g/mol. The number of rotatable bonds is 3. The molecular formula is C16H12N2O5S. The van der Waals surface area contributed by atoms with Gasteiger partial charge in [-0.3, -0.25) is 4.79 Å². The van der Waals surface area contributed by atoms with E-state index < -0.39 is 5.97 Å². The topological polar surface area (TPSA) is 112 Å². The molecule has 1 aromatic heterocycles. The van der Waals surface area contributed by atoms with Crippen LogP contribution in [-0.4, -0.2) is 27.3 Å². The zero-order valence-electron chi connectivity index (χ0n) is 12.4. The summed E-state index contributed by atoms with van der Waals surface area (Å²) in [5.41, 5.74) is 0.0519. The van der Waals surface area contributed by atoms with Gasteiger partial charge in [-0.25, -0.2) is 9.79 Å². The number of aliphatic imine (C=N–C) groups is 1. The van der Waals surface area contributed by atoms with Crippen molar-refractivity contribution in [2.24, 2.45) is 4.99 Å². The smallest absolute Gasteiger partial charge is 0.339 e. The first-order chi connectivity index (χ1) is 11.4. The molecule has 2 aromatic rings. The number of amides is 1. The fraction of sp³-hybridized carbons (Fsp3) is 0.0625. The first kappa shape index (κ1) is 15.9. The molecule has 1 fully saturated rings. The van der Waals surface area contributed by atoms with Gasteiger partial charge in [0.2, 0.25) is 0 Å². The molecule has 0 bridgehead atoms. The standard InChI is InChI=1S/C16H12N2O5S/c1-8-2-4-10(23-8)7-13-14(20)18-16(24-13)17-9-3-5-12(19)11(6-9)15(21)22/h2-7,19H,1H3,(H,21,22)(H,17,18,20)/b13-7-. The molecule has 24 heavy (non-hydrogen) atoms. The first-order valence-electron chi connectivity index (χ1n) is 6.85. The van der Waals surface area contributed by atoms with Crippen molar-refractivity contribution in [1.82, 2.24) is 5.32 Å². The van der Waals surface area contributed by atoms with E-state index in [9.17, 15) is 14.7 Å². The van der Waals surface area contributed by atoms with Gasteiger partial charge in [-0.2, -0.15) is 0 Å². The number of furan rings is 1. The van der Waals surface area contributed by atoms with Crippen LogP contribution in [0.3, 0.4) is 0 Å². The maximum Gasteiger partial charge on any atom is 0.339 e. The predicted octanol–water partition coefficient (Wildman–Crippen LogP) is 2.88. The molecule has 0 radical (unpaired) electrons. The van der Waals surface area contributed by atoms with Crippen molar-refractivity contribution in [2.75, 3.05) is 0 Å². The highest BCUT2D eigenvalue weighted by molar-refractivity contribution is 8.18. The van der Waals surface area contributed by atoms with Crippen LogP contribution in [0.5, 0.6) is 5.75 Å². The Morgan fingerprint density at radius 1 is 1.33 bits per heavy atom. The first-order valence-corrected chi connectivity index (χ1v) is 7.66. The quantitative estimate of drug-likeness (QED) is 0.738. The van der Waals surface area contributed by atoms with E-state index in [0.717, 1.165) is 17.5 Å². The number of hydrogen-bond donors (Lipinski definition) is 3. The Balaban J connectivity index is 1.85. The number of aryl methyl sites for hydroxylation is 1. The summed E-state index contributed by atoms with van der Waals surface area (Å²) in [7, 11) is 0. The lowest BCUT2D eigenvalue weighted by molar-refractivity contribution is -0.115. The molecule has 1 aliphatic rings. The van der Waals surface area contributed by atoms with Gasteiger partial charge in [-0.05, 0) is 49.0 Å². The molecule has 1 saturated heterocycles. The Morgan fingerprint density at radius 2 is 2.12 bits per heavy atom. The van der Waals surface area contributed by atoms with Crippen LogP contribution >= 0.6 is 11.8 Å². The SMILES string of the molecule is Cc1ccc(/C=C2\SC(=Nc3ccc(O)c(C(=O)O)c3)NC2=O)o1. The van der Waals surface area contributed by atoms with Crippen molar-refractivity contribution >= 4 is 40.6 Å². The van der Waals surface area contributed by atoms with Gasteiger partial charge in [0.05, 0.1) is 10.6 Å². The fourth-order valence-electron chi connectivity index (χ4n) is 2.02. The van der Waals surface area contributed by atoms with E-state index in [1.165, 1.54) is 18.2 Å². The Morgan fingerprint density at radius 3 is 2.79 bits per heavy atom. The number of carbonyl (C=O) groups excluding carboxylic acids is 1. The molecule has 0 unspecified atom stereocenters. The molecule has 0 atom stereocenters. The van der Waals surface area contributed by atoms with E-state index >= 15 is 0 Å². The highest BCUT2D eigenvalue weighted by Gasteiger charge is 2.24. The van der Waals surface area contributed by atoms with Crippen LogP contribution in [0.25, 0.3) is 6.08 Å². The zero-order chi connectivity index (χ0) is 17.3. The molecule has 3 N–H and O–H groups in total. The van der Waals surface area contributed by atoms with Crippen LogP contribution in [0.15, 0.2) is 44.6 Å². The van der Waals surface area contributed by atoms with Gasteiger partial charge in [0.1, 0.15) is 22.8 Å². The molecule has 0 aliphatic carbocycles. The Kier molecular flexibility index (Phi) is 4.13. The number of hydrogen-bond acceptors (Lipinski definition) is 6. The minimum absolute atomic E-state index is 0.256. The third-order valence-corrected chi connectivity index (χ3v) is 4.04. The minimum atomic E-state index is -1.26. The highest BCUT2D eigenvalue weighted by Crippen LogP contribution is 2.30. The minimum Gasteiger partial charge on any atom is -0.507 e. The summed E-state index contributed by atoms with van der Waals surface area (Å²) in [6.45, 7) is 1.81. The van der Waals surface area contributed by atoms with E-state index in [4.69, 9.17) is 9.52 Å². The van der Waals surface area contributed by atoms with E-state index in [2.05, 4.69) is 10.3 Å². The van der Waals surface area contributed by atoms with Gasteiger partial charge >= 0.3 is 5.97 Å². The number of carbonyl (C=O) groups is 2. The molecule has 1 aliphatic heterocycles. The molecule has 8 heteroatoms. The van der Waals surface area contributed by atoms with Crippen LogP contribution < -0.4 is 5.32 Å². The number of amidine groups is 1. The molecule has 0 saturated carbocycles. The summed E-state index contributed by atoms with van der Waals surface area (Å²) in [4.78, 5) is 27.6. The third kappa shape index (κ3) is 3.33. The van der Waals surface area contributed by atoms with Gasteiger partial charge in [0.15, 0.2) is 5.17 Å². The highest BCUT2D eigenvalue weighted by atomic mass is 32.2. The summed E-state index contributed by atoms with van der Waals surface area (Å²) in [5.74, 6) is -0.617. The van der Waals surface area contributed by atoms with Crippen LogP contribution in [0.2, 0.25) is 0 Å². The van der Waals surface area contributed by atoms with Crippen molar-refractivity contribution in [3.63, 3.8) is 0 Å². The molecular weight excluding hydrogens is 332 g/mol. The van der Waals surface area contributed by atoms with Gasteiger partial charge in [0, 0.05) is 6.08 Å². The normalized spacial score (nSPS) is 17.5. The van der Waals surface area contributed by atoms with Crippen LogP contribution in [0.1, 0.15) is 21.9 Å². The Hall–Kier alpha value is -3.00. The number of aromatic carboxylic acids is 1. The second kappa shape index (κ2) is 6.25. The van der Waals surface area contributed by atoms with E-state index in [1.807, 2.05) is 6.92 Å². The van der Waals surface area contributed by atoms with E-state index in [1.54, 1.807) is 18.2 Å². The summed E-state index contributed by atoms with van der Waals surface area (Å²) in [6, 6.07) is 7.48. The van der Waals surface area contributed by atoms with Crippen molar-refractivity contribution in [1.29, 1.82) is 0 Å². The Labute approximate surface area is 140 Å². The predicted molar refractivity (Wildman–Crippen MR) is 89.3 cm³/mol. The van der Waals surface area contributed by atoms with Crippen molar-refractivity contribution in [3.8, 4) is 5.75 Å². The number of benzene rings is 1. The molecule has 122 valence electrons. The van der Waals surface area contributed by atoms with Crippen molar-refractivity contribution in [2.45, 2.75) is 6.92 Å². The molecule has 2 heterocycles. The van der Waals surface area contributed by atoms with Gasteiger partial charge in [-0.15, -0.1) is 0 Å². The van der Waals surface area contributed by atoms with Crippen LogP contribution in [0, 0.1) is 6.92 Å². The molecule has 1 aromatic carbocycles. The summed E-state index contributed by atoms with van der Waals surface area (Å²) in [6.07, 6.45) is 1.61. The van der Waals surface area contributed by atoms with E-state index in [-0.39, 0.29) is 17.2 Å². The van der Waals surface area contributed by atoms with Gasteiger partial charge in [0.25, 0.3) is 5.91 Å². The average Bonchev–Trinajstić information content (AvgIpc) is 3.07. The number of nitrogens with zero attached hydrogens (tertiary/aromatic N) is 1. The Bertz CT molecular complexity index is 898. The largest absolute Gasteiger partial charge is 0.507 e. The second-order valence-electron chi connectivity index (χ2n) is 4.94. The lowest BCUT2D eigenvalue weighted by Crippen LogP contribution is -2.19. The number of thioether (sulfide) groups is 1. The summed E-state index contributed by atoms with van der Waals surface area (Å²) in [5, 5.41) is 21.4. The lowest BCUT2D eigenvalue weighted by Gasteiger charge is -2.01.